The summed E-state index contributed by atoms with van der Waals surface area (Å²) < 4.78 is 21.5. The second-order valence-corrected chi connectivity index (χ2v) is 6.47. The van der Waals surface area contributed by atoms with E-state index in [9.17, 15) is 9.59 Å². The van der Waals surface area contributed by atoms with E-state index < -0.39 is 0 Å². The summed E-state index contributed by atoms with van der Waals surface area (Å²) in [6.07, 6.45) is -0.241. The lowest BCUT2D eigenvalue weighted by Gasteiger charge is -2.18. The standard InChI is InChI=1S/C21H24N2O6/c1-3-27-20(24)11-14-4-6-18(26-2)19(10-14)29-17-7-5-16(22)12-15(17)13-23-8-9-28-21(23)25/h4-7,10,12H,3,8-9,11,13,22H2,1-2H3. The van der Waals surface area contributed by atoms with Crippen LogP contribution in [0, 0.1) is 0 Å². The topological polar surface area (TPSA) is 100 Å². The number of ether oxygens (including phenoxy) is 4. The first-order chi connectivity index (χ1) is 14.0. The molecule has 154 valence electrons. The van der Waals surface area contributed by atoms with Crippen molar-refractivity contribution in [3.8, 4) is 17.2 Å². The Labute approximate surface area is 169 Å². The van der Waals surface area contributed by atoms with Gasteiger partial charge in [-0.15, -0.1) is 0 Å². The Morgan fingerprint density at radius 3 is 2.66 bits per heavy atom. The third-order valence-electron chi connectivity index (χ3n) is 4.39. The van der Waals surface area contributed by atoms with Gasteiger partial charge in [-0.05, 0) is 42.8 Å². The average Bonchev–Trinajstić information content (AvgIpc) is 3.09. The maximum atomic E-state index is 11.8. The molecular formula is C21H24N2O6. The first-order valence-corrected chi connectivity index (χ1v) is 9.30. The number of rotatable bonds is 8. The third kappa shape index (κ3) is 5.10. The van der Waals surface area contributed by atoms with E-state index in [-0.39, 0.29) is 18.5 Å². The van der Waals surface area contributed by atoms with Gasteiger partial charge in [-0.2, -0.15) is 0 Å². The lowest BCUT2D eigenvalue weighted by atomic mass is 10.1. The van der Waals surface area contributed by atoms with Crippen LogP contribution < -0.4 is 15.2 Å². The highest BCUT2D eigenvalue weighted by Gasteiger charge is 2.23. The van der Waals surface area contributed by atoms with Crippen molar-refractivity contribution in [2.24, 2.45) is 0 Å². The largest absolute Gasteiger partial charge is 0.493 e. The quantitative estimate of drug-likeness (QED) is 0.537. The molecule has 8 heteroatoms. The number of amides is 1. The van der Waals surface area contributed by atoms with Gasteiger partial charge in [-0.25, -0.2) is 4.79 Å². The van der Waals surface area contributed by atoms with E-state index in [1.165, 1.54) is 7.11 Å². The van der Waals surface area contributed by atoms with Crippen LogP contribution in [0.2, 0.25) is 0 Å². The minimum atomic E-state index is -0.368. The van der Waals surface area contributed by atoms with Crippen LogP contribution in [0.25, 0.3) is 0 Å². The molecule has 3 rings (SSSR count). The van der Waals surface area contributed by atoms with Gasteiger partial charge < -0.3 is 29.6 Å². The number of anilines is 1. The predicted molar refractivity (Wildman–Crippen MR) is 106 cm³/mol. The zero-order valence-electron chi connectivity index (χ0n) is 16.5. The van der Waals surface area contributed by atoms with Crippen LogP contribution in [0.3, 0.4) is 0 Å². The summed E-state index contributed by atoms with van der Waals surface area (Å²) in [5.74, 6) is 1.18. The van der Waals surface area contributed by atoms with Crippen LogP contribution in [0.5, 0.6) is 17.2 Å². The maximum Gasteiger partial charge on any atom is 0.410 e. The van der Waals surface area contributed by atoms with Crippen molar-refractivity contribution >= 4 is 17.7 Å². The van der Waals surface area contributed by atoms with Crippen LogP contribution in [0.15, 0.2) is 36.4 Å². The molecule has 8 nitrogen and oxygen atoms in total. The molecule has 1 fully saturated rings. The van der Waals surface area contributed by atoms with Crippen molar-refractivity contribution < 1.29 is 28.5 Å². The van der Waals surface area contributed by atoms with E-state index >= 15 is 0 Å². The Hall–Kier alpha value is -3.42. The number of nitrogen functional groups attached to an aromatic ring is 1. The van der Waals surface area contributed by atoms with Gasteiger partial charge in [0.25, 0.3) is 0 Å². The zero-order chi connectivity index (χ0) is 20.8. The van der Waals surface area contributed by atoms with Gasteiger partial charge in [0.15, 0.2) is 11.5 Å². The van der Waals surface area contributed by atoms with Crippen LogP contribution in [-0.4, -0.2) is 43.8 Å². The Morgan fingerprint density at radius 2 is 1.97 bits per heavy atom. The molecule has 1 amide bonds. The maximum absolute atomic E-state index is 11.8. The van der Waals surface area contributed by atoms with E-state index in [2.05, 4.69) is 0 Å². The summed E-state index contributed by atoms with van der Waals surface area (Å²) in [6, 6.07) is 10.5. The Kier molecular flexibility index (Phi) is 6.43. The molecule has 0 saturated carbocycles. The number of cyclic esters (lactones) is 1. The molecule has 1 saturated heterocycles. The van der Waals surface area contributed by atoms with Crippen molar-refractivity contribution in [1.82, 2.24) is 4.90 Å². The molecule has 0 unspecified atom stereocenters. The minimum Gasteiger partial charge on any atom is -0.493 e. The molecule has 2 aromatic carbocycles. The van der Waals surface area contributed by atoms with Gasteiger partial charge in [0.05, 0.1) is 33.2 Å². The number of hydrogen-bond donors (Lipinski definition) is 1. The minimum absolute atomic E-state index is 0.127. The SMILES string of the molecule is CCOC(=O)Cc1ccc(OC)c(Oc2ccc(N)cc2CN2CCOC2=O)c1. The van der Waals surface area contributed by atoms with E-state index in [4.69, 9.17) is 24.7 Å². The summed E-state index contributed by atoms with van der Waals surface area (Å²) in [7, 11) is 1.54. The predicted octanol–water partition coefficient (Wildman–Crippen LogP) is 3.13. The highest BCUT2D eigenvalue weighted by Crippen LogP contribution is 2.35. The molecule has 1 aliphatic rings. The van der Waals surface area contributed by atoms with Gasteiger partial charge in [0, 0.05) is 11.3 Å². The molecule has 0 bridgehead atoms. The fourth-order valence-electron chi connectivity index (χ4n) is 3.01. The number of benzene rings is 2. The molecule has 0 atom stereocenters. The number of carbonyl (C=O) groups excluding carboxylic acids is 2. The normalized spacial score (nSPS) is 13.2. The number of hydrogen-bond acceptors (Lipinski definition) is 7. The van der Waals surface area contributed by atoms with Crippen molar-refractivity contribution in [2.45, 2.75) is 19.9 Å². The lowest BCUT2D eigenvalue weighted by Crippen LogP contribution is -2.23. The number of esters is 1. The molecule has 1 heterocycles. The molecule has 0 aromatic heterocycles. The van der Waals surface area contributed by atoms with Crippen molar-refractivity contribution in [1.29, 1.82) is 0 Å². The second kappa shape index (κ2) is 9.18. The number of nitrogens with zero attached hydrogens (tertiary/aromatic N) is 1. The van der Waals surface area contributed by atoms with Crippen molar-refractivity contribution in [3.63, 3.8) is 0 Å². The molecule has 2 N–H and O–H groups in total. The highest BCUT2D eigenvalue weighted by atomic mass is 16.6. The summed E-state index contributed by atoms with van der Waals surface area (Å²) >= 11 is 0. The monoisotopic (exact) mass is 400 g/mol. The van der Waals surface area contributed by atoms with Crippen LogP contribution in [-0.2, 0) is 27.2 Å². The summed E-state index contributed by atoms with van der Waals surface area (Å²) in [5.41, 5.74) is 7.96. The molecule has 29 heavy (non-hydrogen) atoms. The Bertz CT molecular complexity index is 899. The molecule has 0 radical (unpaired) electrons. The van der Waals surface area contributed by atoms with Crippen molar-refractivity contribution in [3.05, 3.63) is 47.5 Å². The van der Waals surface area contributed by atoms with Gasteiger partial charge in [0.2, 0.25) is 0 Å². The average molecular weight is 400 g/mol. The van der Waals surface area contributed by atoms with Crippen LogP contribution in [0.1, 0.15) is 18.1 Å². The van der Waals surface area contributed by atoms with Gasteiger partial charge >= 0.3 is 12.1 Å². The summed E-state index contributed by atoms with van der Waals surface area (Å²) in [6.45, 7) is 3.27. The number of nitrogens with two attached hydrogens (primary N) is 1. The summed E-state index contributed by atoms with van der Waals surface area (Å²) in [4.78, 5) is 25.2. The number of methoxy groups -OCH3 is 1. The fraction of sp³-hybridized carbons (Fsp3) is 0.333. The molecular weight excluding hydrogens is 376 g/mol. The molecule has 0 aliphatic carbocycles. The van der Waals surface area contributed by atoms with E-state index in [0.29, 0.717) is 49.2 Å². The third-order valence-corrected chi connectivity index (χ3v) is 4.39. The van der Waals surface area contributed by atoms with E-state index in [1.54, 1.807) is 48.2 Å². The van der Waals surface area contributed by atoms with Crippen LogP contribution in [0.4, 0.5) is 10.5 Å². The second-order valence-electron chi connectivity index (χ2n) is 6.47. The van der Waals surface area contributed by atoms with E-state index in [1.807, 2.05) is 0 Å². The summed E-state index contributed by atoms with van der Waals surface area (Å²) in [5, 5.41) is 0. The first-order valence-electron chi connectivity index (χ1n) is 9.30. The Balaban J connectivity index is 1.86. The van der Waals surface area contributed by atoms with Crippen molar-refractivity contribution in [2.75, 3.05) is 32.6 Å². The molecule has 2 aromatic rings. The van der Waals surface area contributed by atoms with Gasteiger partial charge in [-0.1, -0.05) is 6.07 Å². The lowest BCUT2D eigenvalue weighted by molar-refractivity contribution is -0.142. The number of carbonyl (C=O) groups is 2. The van der Waals surface area contributed by atoms with Crippen LogP contribution >= 0.6 is 0 Å². The Morgan fingerprint density at radius 1 is 1.17 bits per heavy atom. The first kappa shape index (κ1) is 20.3. The molecule has 0 spiro atoms. The molecule has 1 aliphatic heterocycles. The zero-order valence-corrected chi connectivity index (χ0v) is 16.5. The van der Waals surface area contributed by atoms with Gasteiger partial charge in [-0.3, -0.25) is 4.79 Å². The fourth-order valence-corrected chi connectivity index (χ4v) is 3.01. The van der Waals surface area contributed by atoms with Gasteiger partial charge in [0.1, 0.15) is 12.4 Å². The smallest absolute Gasteiger partial charge is 0.410 e. The highest BCUT2D eigenvalue weighted by molar-refractivity contribution is 5.73. The van der Waals surface area contributed by atoms with E-state index in [0.717, 1.165) is 11.1 Å².